The Morgan fingerprint density at radius 2 is 2.00 bits per heavy atom. The Balaban J connectivity index is 1.97. The zero-order chi connectivity index (χ0) is 18.0. The van der Waals surface area contributed by atoms with Crippen molar-refractivity contribution in [3.05, 3.63) is 23.8 Å². The van der Waals surface area contributed by atoms with Crippen LogP contribution >= 0.6 is 0 Å². The molecule has 1 aromatic rings. The van der Waals surface area contributed by atoms with E-state index in [1.165, 1.54) is 14.2 Å². The molecular formula is C14H20N2O7S. The van der Waals surface area contributed by atoms with Crippen molar-refractivity contribution in [3.8, 4) is 11.5 Å². The number of aliphatic hydroxyl groups is 1. The maximum atomic E-state index is 12.1. The highest BCUT2D eigenvalue weighted by Crippen LogP contribution is 2.25. The smallest absolute Gasteiger partial charge is 0.407 e. The summed E-state index contributed by atoms with van der Waals surface area (Å²) in [5.41, 5.74) is -0.955. The van der Waals surface area contributed by atoms with Crippen LogP contribution in [-0.2, 0) is 16.6 Å². The third kappa shape index (κ3) is 4.28. The van der Waals surface area contributed by atoms with Crippen LogP contribution in [0.4, 0.5) is 4.79 Å². The number of methoxy groups -OCH3 is 2. The van der Waals surface area contributed by atoms with Crippen LogP contribution in [0.1, 0.15) is 5.56 Å². The molecule has 0 aromatic heterocycles. The summed E-state index contributed by atoms with van der Waals surface area (Å²) in [4.78, 5) is 11.6. The standard InChI is InChI=1S/C14H20N2O7S/c1-22-11-4-3-10(12(5-11)23-2)6-15-24(20,21)9-14(19)7-16(8-14)13(17)18/h3-5,15,19H,6-9H2,1-2H3,(H,17,18). The van der Waals surface area contributed by atoms with E-state index >= 15 is 0 Å². The number of β-amino-alcohol motifs (C(OH)–C–C–N with tert-alkyl or cyclic N) is 1. The van der Waals surface area contributed by atoms with Crippen LogP contribution < -0.4 is 14.2 Å². The molecule has 0 saturated carbocycles. The largest absolute Gasteiger partial charge is 0.497 e. The predicted molar refractivity (Wildman–Crippen MR) is 84.7 cm³/mol. The lowest BCUT2D eigenvalue weighted by Crippen LogP contribution is -2.66. The van der Waals surface area contributed by atoms with Crippen LogP contribution in [0.25, 0.3) is 0 Å². The normalized spacial score (nSPS) is 16.4. The third-order valence-corrected chi connectivity index (χ3v) is 5.18. The molecule has 134 valence electrons. The first-order chi connectivity index (χ1) is 11.2. The fourth-order valence-electron chi connectivity index (χ4n) is 2.48. The second-order valence-corrected chi connectivity index (χ2v) is 7.43. The topological polar surface area (TPSA) is 125 Å². The molecule has 0 spiro atoms. The van der Waals surface area contributed by atoms with Gasteiger partial charge in [-0.25, -0.2) is 17.9 Å². The molecule has 0 radical (unpaired) electrons. The minimum Gasteiger partial charge on any atom is -0.497 e. The molecular weight excluding hydrogens is 340 g/mol. The molecule has 1 aromatic carbocycles. The predicted octanol–water partition coefficient (Wildman–Crippen LogP) is -0.152. The molecule has 0 unspecified atom stereocenters. The molecule has 1 heterocycles. The van der Waals surface area contributed by atoms with Gasteiger partial charge in [0.1, 0.15) is 17.1 Å². The Morgan fingerprint density at radius 3 is 2.54 bits per heavy atom. The number of rotatable bonds is 7. The van der Waals surface area contributed by atoms with Gasteiger partial charge in [-0.05, 0) is 6.07 Å². The van der Waals surface area contributed by atoms with E-state index in [0.717, 1.165) is 4.90 Å². The number of amides is 1. The minimum atomic E-state index is -3.79. The van der Waals surface area contributed by atoms with E-state index < -0.39 is 27.5 Å². The first kappa shape index (κ1) is 18.3. The van der Waals surface area contributed by atoms with Gasteiger partial charge in [0.15, 0.2) is 0 Å². The zero-order valence-electron chi connectivity index (χ0n) is 13.4. The number of hydrogen-bond acceptors (Lipinski definition) is 6. The number of hydrogen-bond donors (Lipinski definition) is 3. The molecule has 0 bridgehead atoms. The lowest BCUT2D eigenvalue weighted by molar-refractivity contribution is -0.0673. The van der Waals surface area contributed by atoms with Crippen molar-refractivity contribution in [3.63, 3.8) is 0 Å². The summed E-state index contributed by atoms with van der Waals surface area (Å²) in [5.74, 6) is 0.481. The molecule has 1 saturated heterocycles. The number of carboxylic acid groups (broad SMARTS) is 1. The second-order valence-electron chi connectivity index (χ2n) is 5.62. The van der Waals surface area contributed by atoms with Gasteiger partial charge in [-0.2, -0.15) is 0 Å². The van der Waals surface area contributed by atoms with Crippen LogP contribution in [0.3, 0.4) is 0 Å². The summed E-state index contributed by atoms with van der Waals surface area (Å²) in [6, 6.07) is 4.98. The highest BCUT2D eigenvalue weighted by molar-refractivity contribution is 7.89. The fraction of sp³-hybridized carbons (Fsp3) is 0.500. The van der Waals surface area contributed by atoms with Crippen molar-refractivity contribution in [1.29, 1.82) is 0 Å². The summed E-state index contributed by atoms with van der Waals surface area (Å²) < 4.78 is 36.9. The van der Waals surface area contributed by atoms with Gasteiger partial charge in [0.05, 0.1) is 33.1 Å². The molecule has 9 nitrogen and oxygen atoms in total. The van der Waals surface area contributed by atoms with E-state index in [1.54, 1.807) is 18.2 Å². The summed E-state index contributed by atoms with van der Waals surface area (Å²) in [5, 5.41) is 18.8. The molecule has 0 atom stereocenters. The average molecular weight is 360 g/mol. The Hall–Kier alpha value is -2.04. The van der Waals surface area contributed by atoms with Gasteiger partial charge in [0.2, 0.25) is 10.0 Å². The maximum absolute atomic E-state index is 12.1. The molecule has 10 heteroatoms. The van der Waals surface area contributed by atoms with Gasteiger partial charge in [-0.3, -0.25) is 0 Å². The van der Waals surface area contributed by atoms with Crippen molar-refractivity contribution in [2.75, 3.05) is 33.1 Å². The van der Waals surface area contributed by atoms with Crippen LogP contribution in [0.15, 0.2) is 18.2 Å². The number of benzene rings is 1. The average Bonchev–Trinajstić information content (AvgIpc) is 2.49. The lowest BCUT2D eigenvalue weighted by atomic mass is 9.98. The van der Waals surface area contributed by atoms with Gasteiger partial charge in [-0.15, -0.1) is 0 Å². The van der Waals surface area contributed by atoms with Crippen LogP contribution in [0.2, 0.25) is 0 Å². The van der Waals surface area contributed by atoms with Gasteiger partial charge >= 0.3 is 6.09 Å². The monoisotopic (exact) mass is 360 g/mol. The lowest BCUT2D eigenvalue weighted by Gasteiger charge is -2.44. The first-order valence-corrected chi connectivity index (χ1v) is 8.72. The van der Waals surface area contributed by atoms with Gasteiger partial charge in [-0.1, -0.05) is 6.07 Å². The number of sulfonamides is 1. The second kappa shape index (κ2) is 6.83. The molecule has 1 aliphatic heterocycles. The molecule has 1 amide bonds. The number of nitrogens with zero attached hydrogens (tertiary/aromatic N) is 1. The number of carbonyl (C=O) groups is 1. The van der Waals surface area contributed by atoms with Crippen molar-refractivity contribution in [1.82, 2.24) is 9.62 Å². The number of ether oxygens (including phenoxy) is 2. The molecule has 2 rings (SSSR count). The van der Waals surface area contributed by atoms with E-state index in [0.29, 0.717) is 17.1 Å². The third-order valence-electron chi connectivity index (χ3n) is 3.68. The van der Waals surface area contributed by atoms with Gasteiger partial charge in [0.25, 0.3) is 0 Å². The number of likely N-dealkylation sites (tertiary alicyclic amines) is 1. The van der Waals surface area contributed by atoms with Crippen molar-refractivity contribution in [2.45, 2.75) is 12.1 Å². The van der Waals surface area contributed by atoms with E-state index in [9.17, 15) is 18.3 Å². The van der Waals surface area contributed by atoms with E-state index in [-0.39, 0.29) is 19.6 Å². The molecule has 1 fully saturated rings. The van der Waals surface area contributed by atoms with Gasteiger partial charge < -0.3 is 24.6 Å². The molecule has 3 N–H and O–H groups in total. The maximum Gasteiger partial charge on any atom is 0.407 e. The van der Waals surface area contributed by atoms with E-state index in [1.807, 2.05) is 0 Å². The van der Waals surface area contributed by atoms with Crippen LogP contribution in [0, 0.1) is 0 Å². The van der Waals surface area contributed by atoms with Gasteiger partial charge in [0, 0.05) is 18.2 Å². The van der Waals surface area contributed by atoms with Crippen LogP contribution in [-0.4, -0.2) is 68.3 Å². The van der Waals surface area contributed by atoms with E-state index in [4.69, 9.17) is 14.6 Å². The van der Waals surface area contributed by atoms with Crippen LogP contribution in [0.5, 0.6) is 11.5 Å². The molecule has 0 aliphatic carbocycles. The Labute approximate surface area is 139 Å². The van der Waals surface area contributed by atoms with E-state index in [2.05, 4.69) is 4.72 Å². The Bertz CT molecular complexity index is 714. The van der Waals surface area contributed by atoms with Crippen molar-refractivity contribution in [2.24, 2.45) is 0 Å². The first-order valence-electron chi connectivity index (χ1n) is 7.06. The molecule has 1 aliphatic rings. The van der Waals surface area contributed by atoms with Crippen molar-refractivity contribution < 1.29 is 32.9 Å². The number of nitrogens with one attached hydrogen (secondary N) is 1. The highest BCUT2D eigenvalue weighted by Gasteiger charge is 2.46. The summed E-state index contributed by atoms with van der Waals surface area (Å²) in [6.45, 7) is -0.474. The zero-order valence-corrected chi connectivity index (χ0v) is 14.2. The SMILES string of the molecule is COc1ccc(CNS(=O)(=O)CC2(O)CN(C(=O)O)C2)c(OC)c1. The highest BCUT2D eigenvalue weighted by atomic mass is 32.2. The molecule has 24 heavy (non-hydrogen) atoms. The summed E-state index contributed by atoms with van der Waals surface area (Å²) in [6.07, 6.45) is -1.19. The summed E-state index contributed by atoms with van der Waals surface area (Å²) in [7, 11) is -0.821. The summed E-state index contributed by atoms with van der Waals surface area (Å²) >= 11 is 0. The minimum absolute atomic E-state index is 0.0196. The van der Waals surface area contributed by atoms with Crippen molar-refractivity contribution >= 4 is 16.1 Å². The Morgan fingerprint density at radius 1 is 1.33 bits per heavy atom. The fourth-order valence-corrected chi connectivity index (χ4v) is 3.85. The quantitative estimate of drug-likeness (QED) is 0.617. The Kier molecular flexibility index (Phi) is 5.21.